The molecule has 4 N–H and O–H groups in total. The Balaban J connectivity index is 0.00000341. The number of aliphatic hydroxyl groups is 4. The van der Waals surface area contributed by atoms with E-state index in [1.807, 2.05) is 0 Å². The first-order chi connectivity index (χ1) is 13.9. The Labute approximate surface area is 194 Å². The Kier molecular flexibility index (Phi) is 8.19. The van der Waals surface area contributed by atoms with Gasteiger partial charge in [0.15, 0.2) is 17.1 Å². The van der Waals surface area contributed by atoms with Gasteiger partial charge in [0, 0.05) is 11.5 Å². The van der Waals surface area contributed by atoms with Crippen LogP contribution in [-0.2, 0) is 20.6 Å². The van der Waals surface area contributed by atoms with Gasteiger partial charge in [-0.15, -0.1) is 0 Å². The fourth-order valence-corrected chi connectivity index (χ4v) is 3.59. The molecule has 15 heteroatoms. The molecular weight excluding hydrogens is 461 g/mol. The van der Waals surface area contributed by atoms with E-state index in [4.69, 9.17) is 14.6 Å². The van der Waals surface area contributed by atoms with Crippen LogP contribution >= 0.6 is 0 Å². The Morgan fingerprint density at radius 3 is 2.35 bits per heavy atom. The van der Waals surface area contributed by atoms with Crippen LogP contribution in [0.15, 0.2) is 21.3 Å². The molecule has 31 heavy (non-hydrogen) atoms. The van der Waals surface area contributed by atoms with Crippen molar-refractivity contribution in [3.8, 4) is 5.75 Å². The molecule has 2 heterocycles. The average Bonchev–Trinajstić information content (AvgIpc) is 2.64. The minimum atomic E-state index is -4.91. The molecule has 0 aliphatic carbocycles. The van der Waals surface area contributed by atoms with Gasteiger partial charge in [-0.2, -0.15) is 4.39 Å². The average molecular weight is 476 g/mol. The van der Waals surface area contributed by atoms with Crippen LogP contribution in [0.3, 0.4) is 0 Å². The van der Waals surface area contributed by atoms with Crippen LogP contribution in [0.4, 0.5) is 8.78 Å². The Bertz CT molecular complexity index is 1120. The molecule has 3 rings (SSSR count). The number of hydrogen-bond donors (Lipinski definition) is 4. The fourth-order valence-electron chi connectivity index (χ4n) is 2.97. The third-order valence-corrected chi connectivity index (χ3v) is 5.05. The van der Waals surface area contributed by atoms with Crippen LogP contribution < -0.4 is 39.9 Å². The zero-order chi connectivity index (χ0) is 22.4. The van der Waals surface area contributed by atoms with Crippen molar-refractivity contribution in [2.24, 2.45) is 0 Å². The summed E-state index contributed by atoms with van der Waals surface area (Å²) in [5, 5.41) is 38.0. The van der Waals surface area contributed by atoms with Crippen LogP contribution in [-0.4, -0.2) is 70.7 Å². The summed E-state index contributed by atoms with van der Waals surface area (Å²) < 4.78 is 76.9. The van der Waals surface area contributed by atoms with Gasteiger partial charge in [0.25, 0.3) is 0 Å². The minimum absolute atomic E-state index is 0. The molecule has 0 saturated carbocycles. The zero-order valence-electron chi connectivity index (χ0n) is 15.8. The first-order valence-corrected chi connectivity index (χ1v) is 9.86. The van der Waals surface area contributed by atoms with Gasteiger partial charge < -0.3 is 38.9 Å². The molecule has 1 fully saturated rings. The van der Waals surface area contributed by atoms with Crippen molar-refractivity contribution >= 4 is 21.1 Å². The van der Waals surface area contributed by atoms with Gasteiger partial charge in [-0.3, -0.25) is 0 Å². The third kappa shape index (κ3) is 5.42. The number of aliphatic hydroxyl groups excluding tert-OH is 4. The van der Waals surface area contributed by atoms with Crippen LogP contribution in [0.5, 0.6) is 5.75 Å². The number of rotatable bonds is 5. The van der Waals surface area contributed by atoms with E-state index in [0.29, 0.717) is 12.1 Å². The molecule has 5 atom stereocenters. The molecule has 0 spiro atoms. The van der Waals surface area contributed by atoms with Crippen molar-refractivity contribution in [1.29, 1.82) is 0 Å². The third-order valence-electron chi connectivity index (χ3n) is 4.39. The van der Waals surface area contributed by atoms with Crippen LogP contribution in [0.2, 0.25) is 0 Å². The molecular formula is C16H15F2NaO11S. The first kappa shape index (κ1) is 26.1. The number of fused-ring (bicyclic) bond motifs is 1. The normalized spacial score (nSPS) is 26.5. The summed E-state index contributed by atoms with van der Waals surface area (Å²) in [6, 6.07) is 1.13. The van der Waals surface area contributed by atoms with Gasteiger partial charge in [-0.05, 0) is 11.6 Å². The zero-order valence-corrected chi connectivity index (χ0v) is 18.6. The van der Waals surface area contributed by atoms with E-state index >= 15 is 0 Å². The summed E-state index contributed by atoms with van der Waals surface area (Å²) in [6.45, 7) is -0.824. The molecule has 0 radical (unpaired) electrons. The monoisotopic (exact) mass is 476 g/mol. The molecule has 11 nitrogen and oxygen atoms in total. The quantitative estimate of drug-likeness (QED) is 0.185. The van der Waals surface area contributed by atoms with Crippen molar-refractivity contribution in [3.05, 3.63) is 39.8 Å². The topological polar surface area (TPSA) is 187 Å². The number of halogens is 2. The largest absolute Gasteiger partial charge is 1.00 e. The SMILES string of the molecule is O=c1cc(CS(=O)(=O)[O-])c2cc(F)c(O[C@@H]3OC(CO)[C@@H](O)[C@@H](O)C3O)c(F)c2o1.[Na+]. The minimum Gasteiger partial charge on any atom is -0.748 e. The predicted molar refractivity (Wildman–Crippen MR) is 90.2 cm³/mol. The molecule has 2 aromatic rings. The molecule has 1 aliphatic heterocycles. The van der Waals surface area contributed by atoms with Crippen LogP contribution in [0.1, 0.15) is 5.56 Å². The van der Waals surface area contributed by atoms with Gasteiger partial charge in [0.1, 0.15) is 24.4 Å². The van der Waals surface area contributed by atoms with E-state index in [-0.39, 0.29) is 29.6 Å². The van der Waals surface area contributed by atoms with Gasteiger partial charge in [-0.25, -0.2) is 17.6 Å². The Morgan fingerprint density at radius 1 is 1.13 bits per heavy atom. The maximum Gasteiger partial charge on any atom is 1.00 e. The van der Waals surface area contributed by atoms with Gasteiger partial charge in [0.05, 0.1) is 22.5 Å². The Hall–Kier alpha value is -1.20. The summed E-state index contributed by atoms with van der Waals surface area (Å²) in [5.41, 5.74) is -2.67. The summed E-state index contributed by atoms with van der Waals surface area (Å²) in [7, 11) is -4.91. The van der Waals surface area contributed by atoms with Crippen molar-refractivity contribution in [2.45, 2.75) is 36.5 Å². The molecule has 2 unspecified atom stereocenters. The molecule has 0 amide bonds. The summed E-state index contributed by atoms with van der Waals surface area (Å²) in [4.78, 5) is 11.6. The summed E-state index contributed by atoms with van der Waals surface area (Å²) in [6.07, 6.45) is -8.99. The van der Waals surface area contributed by atoms with E-state index in [0.717, 1.165) is 0 Å². The smallest absolute Gasteiger partial charge is 0.748 e. The van der Waals surface area contributed by atoms with Gasteiger partial charge in [-0.1, -0.05) is 0 Å². The summed E-state index contributed by atoms with van der Waals surface area (Å²) in [5.74, 6) is -5.53. The van der Waals surface area contributed by atoms with E-state index < -0.39 is 92.7 Å². The van der Waals surface area contributed by atoms with E-state index in [1.54, 1.807) is 0 Å². The first-order valence-electron chi connectivity index (χ1n) is 8.28. The maximum absolute atomic E-state index is 14.8. The molecule has 166 valence electrons. The predicted octanol–water partition coefficient (Wildman–Crippen LogP) is -4.70. The van der Waals surface area contributed by atoms with Crippen molar-refractivity contribution in [3.63, 3.8) is 0 Å². The second kappa shape index (κ2) is 9.74. The standard InChI is InChI=1S/C16H16F2O11S.Na/c17-7-2-6-5(4-30(24,25)26)1-9(20)28-14(6)10(18)15(7)29-16-13(23)12(22)11(21)8(3-19)27-16;/h1-2,8,11-13,16,19,21-23H,3-4H2,(H,24,25,26);/q;+1/p-1/t8?,11-,12-,13?,16+;/m1./s1. The molecule has 0 bridgehead atoms. The molecule has 1 saturated heterocycles. The van der Waals surface area contributed by atoms with Gasteiger partial charge >= 0.3 is 35.2 Å². The van der Waals surface area contributed by atoms with Crippen molar-refractivity contribution in [2.75, 3.05) is 6.61 Å². The number of hydrogen-bond acceptors (Lipinski definition) is 11. The van der Waals surface area contributed by atoms with Crippen molar-refractivity contribution < 1.29 is 85.6 Å². The van der Waals surface area contributed by atoms with Crippen LogP contribution in [0, 0.1) is 11.6 Å². The van der Waals surface area contributed by atoms with E-state index in [2.05, 4.69) is 4.42 Å². The van der Waals surface area contributed by atoms with Gasteiger partial charge in [0.2, 0.25) is 12.1 Å². The molecule has 1 aromatic carbocycles. The fraction of sp³-hybridized carbons (Fsp3) is 0.438. The van der Waals surface area contributed by atoms with E-state index in [9.17, 15) is 41.9 Å². The molecule has 1 aliphatic rings. The number of ether oxygens (including phenoxy) is 2. The summed E-state index contributed by atoms with van der Waals surface area (Å²) >= 11 is 0. The second-order valence-electron chi connectivity index (χ2n) is 6.49. The van der Waals surface area contributed by atoms with Crippen LogP contribution in [0.25, 0.3) is 11.0 Å². The van der Waals surface area contributed by atoms with E-state index in [1.165, 1.54) is 0 Å². The van der Waals surface area contributed by atoms with Crippen molar-refractivity contribution in [1.82, 2.24) is 0 Å². The maximum atomic E-state index is 14.8. The Morgan fingerprint density at radius 2 is 1.77 bits per heavy atom. The number of benzene rings is 1. The second-order valence-corrected chi connectivity index (χ2v) is 7.89. The molecule has 1 aromatic heterocycles.